The molecule has 4 aromatic rings. The SMILES string of the molecule is Cc1ccc(-c2nc3ccccc3n2Cc2ccccc2C)o1. The van der Waals surface area contributed by atoms with Crippen molar-refractivity contribution in [3.05, 3.63) is 77.6 Å². The third-order valence-corrected chi connectivity index (χ3v) is 4.21. The van der Waals surface area contributed by atoms with Crippen LogP contribution in [-0.2, 0) is 6.54 Å². The highest BCUT2D eigenvalue weighted by Gasteiger charge is 2.15. The van der Waals surface area contributed by atoms with Gasteiger partial charge >= 0.3 is 0 Å². The third kappa shape index (κ3) is 2.44. The zero-order valence-corrected chi connectivity index (χ0v) is 13.3. The molecule has 0 N–H and O–H groups in total. The van der Waals surface area contributed by atoms with Crippen molar-refractivity contribution in [2.75, 3.05) is 0 Å². The van der Waals surface area contributed by atoms with Gasteiger partial charge in [-0.25, -0.2) is 4.98 Å². The van der Waals surface area contributed by atoms with Crippen LogP contribution in [0.3, 0.4) is 0 Å². The molecule has 0 bridgehead atoms. The maximum absolute atomic E-state index is 5.82. The van der Waals surface area contributed by atoms with Crippen molar-refractivity contribution in [3.63, 3.8) is 0 Å². The molecule has 0 aliphatic carbocycles. The van der Waals surface area contributed by atoms with Crippen molar-refractivity contribution < 1.29 is 4.42 Å². The van der Waals surface area contributed by atoms with Crippen molar-refractivity contribution >= 4 is 11.0 Å². The first kappa shape index (κ1) is 13.8. The molecule has 2 heterocycles. The molecule has 0 saturated carbocycles. The summed E-state index contributed by atoms with van der Waals surface area (Å²) in [5, 5.41) is 0. The second kappa shape index (κ2) is 5.43. The minimum Gasteiger partial charge on any atom is -0.458 e. The van der Waals surface area contributed by atoms with Crippen LogP contribution in [0, 0.1) is 13.8 Å². The average Bonchev–Trinajstić information content (AvgIpc) is 3.14. The Hall–Kier alpha value is -2.81. The van der Waals surface area contributed by atoms with Gasteiger partial charge in [-0.05, 0) is 49.2 Å². The molecule has 23 heavy (non-hydrogen) atoms. The Balaban J connectivity index is 1.91. The first-order valence-electron chi connectivity index (χ1n) is 7.79. The minimum absolute atomic E-state index is 0.780. The Bertz CT molecular complexity index is 978. The van der Waals surface area contributed by atoms with Crippen LogP contribution in [0.25, 0.3) is 22.6 Å². The Morgan fingerprint density at radius 2 is 1.70 bits per heavy atom. The molecule has 2 aromatic carbocycles. The van der Waals surface area contributed by atoms with Gasteiger partial charge in [0.15, 0.2) is 11.6 Å². The summed E-state index contributed by atoms with van der Waals surface area (Å²) in [4.78, 5) is 4.79. The van der Waals surface area contributed by atoms with Crippen LogP contribution >= 0.6 is 0 Å². The summed E-state index contributed by atoms with van der Waals surface area (Å²) in [5.74, 6) is 2.59. The van der Waals surface area contributed by atoms with E-state index in [2.05, 4.69) is 47.9 Å². The lowest BCUT2D eigenvalue weighted by Crippen LogP contribution is -2.03. The monoisotopic (exact) mass is 302 g/mol. The number of hydrogen-bond donors (Lipinski definition) is 0. The highest BCUT2D eigenvalue weighted by molar-refractivity contribution is 5.80. The average molecular weight is 302 g/mol. The Kier molecular flexibility index (Phi) is 3.27. The second-order valence-corrected chi connectivity index (χ2v) is 5.85. The summed E-state index contributed by atoms with van der Waals surface area (Å²) in [6.45, 7) is 4.88. The molecule has 0 spiro atoms. The Morgan fingerprint density at radius 1 is 0.913 bits per heavy atom. The summed E-state index contributed by atoms with van der Waals surface area (Å²) >= 11 is 0. The van der Waals surface area contributed by atoms with Gasteiger partial charge in [0.2, 0.25) is 0 Å². The zero-order chi connectivity index (χ0) is 15.8. The van der Waals surface area contributed by atoms with Crippen molar-refractivity contribution in [1.29, 1.82) is 0 Å². The smallest absolute Gasteiger partial charge is 0.177 e. The van der Waals surface area contributed by atoms with E-state index in [0.29, 0.717) is 0 Å². The predicted molar refractivity (Wildman–Crippen MR) is 92.5 cm³/mol. The Labute approximate surface area is 135 Å². The normalized spacial score (nSPS) is 11.2. The van der Waals surface area contributed by atoms with E-state index in [9.17, 15) is 0 Å². The van der Waals surface area contributed by atoms with Gasteiger partial charge in [0.1, 0.15) is 5.76 Å². The van der Waals surface area contributed by atoms with Crippen LogP contribution in [0.15, 0.2) is 65.1 Å². The topological polar surface area (TPSA) is 31.0 Å². The highest BCUT2D eigenvalue weighted by atomic mass is 16.3. The van der Waals surface area contributed by atoms with Gasteiger partial charge in [-0.3, -0.25) is 0 Å². The Morgan fingerprint density at radius 3 is 2.48 bits per heavy atom. The van der Waals surface area contributed by atoms with Crippen LogP contribution in [0.4, 0.5) is 0 Å². The zero-order valence-electron chi connectivity index (χ0n) is 13.3. The van der Waals surface area contributed by atoms with Crippen molar-refractivity contribution in [1.82, 2.24) is 9.55 Å². The minimum atomic E-state index is 0.780. The molecule has 0 fully saturated rings. The van der Waals surface area contributed by atoms with Crippen LogP contribution in [0.5, 0.6) is 0 Å². The highest BCUT2D eigenvalue weighted by Crippen LogP contribution is 2.27. The summed E-state index contributed by atoms with van der Waals surface area (Å²) in [7, 11) is 0. The van der Waals surface area contributed by atoms with E-state index in [1.807, 2.05) is 31.2 Å². The quantitative estimate of drug-likeness (QED) is 0.535. The van der Waals surface area contributed by atoms with Gasteiger partial charge in [0.05, 0.1) is 17.6 Å². The lowest BCUT2D eigenvalue weighted by molar-refractivity contribution is 0.540. The van der Waals surface area contributed by atoms with Gasteiger partial charge in [0.25, 0.3) is 0 Å². The molecule has 0 aliphatic heterocycles. The van der Waals surface area contributed by atoms with Gasteiger partial charge in [-0.1, -0.05) is 36.4 Å². The predicted octanol–water partition coefficient (Wildman–Crippen LogP) is 4.96. The largest absolute Gasteiger partial charge is 0.458 e. The van der Waals surface area contributed by atoms with Crippen LogP contribution in [-0.4, -0.2) is 9.55 Å². The van der Waals surface area contributed by atoms with E-state index in [0.717, 1.165) is 34.9 Å². The molecule has 114 valence electrons. The lowest BCUT2D eigenvalue weighted by Gasteiger charge is -2.10. The number of fused-ring (bicyclic) bond motifs is 1. The number of furan rings is 1. The van der Waals surface area contributed by atoms with Gasteiger partial charge in [-0.15, -0.1) is 0 Å². The van der Waals surface area contributed by atoms with Gasteiger partial charge in [0, 0.05) is 0 Å². The van der Waals surface area contributed by atoms with E-state index in [4.69, 9.17) is 9.40 Å². The maximum atomic E-state index is 5.82. The fourth-order valence-electron chi connectivity index (χ4n) is 2.94. The number of para-hydroxylation sites is 2. The lowest BCUT2D eigenvalue weighted by atomic mass is 10.1. The third-order valence-electron chi connectivity index (χ3n) is 4.21. The van der Waals surface area contributed by atoms with Gasteiger partial charge in [-0.2, -0.15) is 0 Å². The van der Waals surface area contributed by atoms with Crippen LogP contribution in [0.1, 0.15) is 16.9 Å². The molecule has 0 radical (unpaired) electrons. The van der Waals surface area contributed by atoms with Gasteiger partial charge < -0.3 is 8.98 Å². The van der Waals surface area contributed by atoms with Crippen molar-refractivity contribution in [3.8, 4) is 11.6 Å². The molecule has 0 aliphatic rings. The molecule has 0 atom stereocenters. The number of benzene rings is 2. The molecular formula is C20H18N2O. The van der Waals surface area contributed by atoms with E-state index in [1.54, 1.807) is 0 Å². The molecule has 2 aromatic heterocycles. The van der Waals surface area contributed by atoms with E-state index in [1.165, 1.54) is 11.1 Å². The second-order valence-electron chi connectivity index (χ2n) is 5.85. The number of rotatable bonds is 3. The number of aromatic nitrogens is 2. The fourth-order valence-corrected chi connectivity index (χ4v) is 2.94. The molecule has 3 nitrogen and oxygen atoms in total. The van der Waals surface area contributed by atoms with Crippen molar-refractivity contribution in [2.24, 2.45) is 0 Å². The molecule has 4 rings (SSSR count). The fraction of sp³-hybridized carbons (Fsp3) is 0.150. The summed E-state index contributed by atoms with van der Waals surface area (Å²) in [5.41, 5.74) is 4.69. The van der Waals surface area contributed by atoms with Crippen LogP contribution in [0.2, 0.25) is 0 Å². The summed E-state index contributed by atoms with van der Waals surface area (Å²) in [6.07, 6.45) is 0. The molecule has 0 saturated heterocycles. The summed E-state index contributed by atoms with van der Waals surface area (Å²) in [6, 6.07) is 20.7. The number of hydrogen-bond acceptors (Lipinski definition) is 2. The number of imidazole rings is 1. The molecule has 0 unspecified atom stereocenters. The van der Waals surface area contributed by atoms with E-state index >= 15 is 0 Å². The molecule has 0 amide bonds. The summed E-state index contributed by atoms with van der Waals surface area (Å²) < 4.78 is 8.06. The number of nitrogens with zero attached hydrogens (tertiary/aromatic N) is 2. The standard InChI is InChI=1S/C20H18N2O/c1-14-7-3-4-8-16(14)13-22-18-10-6-5-9-17(18)21-20(22)19-12-11-15(2)23-19/h3-12H,13H2,1-2H3. The van der Waals surface area contributed by atoms with E-state index < -0.39 is 0 Å². The number of aryl methyl sites for hydroxylation is 2. The maximum Gasteiger partial charge on any atom is 0.177 e. The van der Waals surface area contributed by atoms with Crippen molar-refractivity contribution in [2.45, 2.75) is 20.4 Å². The van der Waals surface area contributed by atoms with E-state index in [-0.39, 0.29) is 0 Å². The first-order chi connectivity index (χ1) is 11.2. The molecular weight excluding hydrogens is 284 g/mol. The first-order valence-corrected chi connectivity index (χ1v) is 7.79. The molecule has 3 heteroatoms. The van der Waals surface area contributed by atoms with Crippen LogP contribution < -0.4 is 0 Å².